The highest BCUT2D eigenvalue weighted by atomic mass is 35.5. The normalized spacial score (nSPS) is 18.1. The summed E-state index contributed by atoms with van der Waals surface area (Å²) in [6.45, 7) is 2.54. The van der Waals surface area contributed by atoms with Crippen LogP contribution in [0.4, 0.5) is 4.39 Å². The number of aromatic hydroxyl groups is 2. The van der Waals surface area contributed by atoms with E-state index in [4.69, 9.17) is 0 Å². The van der Waals surface area contributed by atoms with E-state index in [0.29, 0.717) is 5.56 Å². The summed E-state index contributed by atoms with van der Waals surface area (Å²) in [5.41, 5.74) is 0.453. The zero-order chi connectivity index (χ0) is 12.3. The first-order valence-corrected chi connectivity index (χ1v) is 5.75. The van der Waals surface area contributed by atoms with E-state index in [-0.39, 0.29) is 23.9 Å². The molecule has 1 aromatic carbocycles. The van der Waals surface area contributed by atoms with Gasteiger partial charge in [0.2, 0.25) is 0 Å². The molecule has 0 saturated carbocycles. The molecule has 0 aromatic heterocycles. The standard InChI is InChI=1S/C12H17FN2O2.ClH/c13-8-11(15-5-3-14-4-6-15)10-7-9(16)1-2-12(10)17;/h1-2,7,11,14,16-17H,3-6,8H2;1H/t11-;/m1./s1. The van der Waals surface area contributed by atoms with Crippen molar-refractivity contribution >= 4 is 12.4 Å². The van der Waals surface area contributed by atoms with Crippen LogP contribution in [0.5, 0.6) is 11.5 Å². The minimum atomic E-state index is -0.572. The highest BCUT2D eigenvalue weighted by molar-refractivity contribution is 5.85. The molecule has 0 bridgehead atoms. The van der Waals surface area contributed by atoms with Gasteiger partial charge in [-0.25, -0.2) is 4.39 Å². The predicted molar refractivity (Wildman–Crippen MR) is 70.2 cm³/mol. The molecule has 1 atom stereocenters. The van der Waals surface area contributed by atoms with Gasteiger partial charge in [0.05, 0.1) is 6.04 Å². The highest BCUT2D eigenvalue weighted by Gasteiger charge is 2.24. The molecule has 18 heavy (non-hydrogen) atoms. The van der Waals surface area contributed by atoms with Crippen LogP contribution in [-0.2, 0) is 0 Å². The molecule has 0 aliphatic carbocycles. The quantitative estimate of drug-likeness (QED) is 0.731. The number of nitrogens with one attached hydrogen (secondary N) is 1. The summed E-state index contributed by atoms with van der Waals surface area (Å²) in [5, 5.41) is 22.4. The Hall–Kier alpha value is -1.04. The number of phenols is 2. The van der Waals surface area contributed by atoms with Crippen LogP contribution in [0.15, 0.2) is 18.2 Å². The van der Waals surface area contributed by atoms with Gasteiger partial charge in [0.1, 0.15) is 18.2 Å². The molecule has 0 amide bonds. The summed E-state index contributed by atoms with van der Waals surface area (Å²) in [6, 6.07) is 3.74. The number of benzene rings is 1. The number of piperazine rings is 1. The van der Waals surface area contributed by atoms with Gasteiger partial charge in [-0.2, -0.15) is 0 Å². The summed E-state index contributed by atoms with van der Waals surface area (Å²) in [6.07, 6.45) is 0. The number of nitrogens with zero attached hydrogens (tertiary/aromatic N) is 1. The summed E-state index contributed by atoms with van der Waals surface area (Å²) in [5.74, 6) is 0.0790. The lowest BCUT2D eigenvalue weighted by Crippen LogP contribution is -2.45. The van der Waals surface area contributed by atoms with Crippen molar-refractivity contribution in [2.24, 2.45) is 0 Å². The van der Waals surface area contributed by atoms with Gasteiger partial charge in [-0.1, -0.05) is 0 Å². The Labute approximate surface area is 112 Å². The van der Waals surface area contributed by atoms with Crippen molar-refractivity contribution in [3.8, 4) is 11.5 Å². The van der Waals surface area contributed by atoms with Crippen LogP contribution in [0.3, 0.4) is 0 Å². The Balaban J connectivity index is 0.00000162. The summed E-state index contributed by atoms with van der Waals surface area (Å²) in [7, 11) is 0. The molecular formula is C12H18ClFN2O2. The second-order valence-corrected chi connectivity index (χ2v) is 4.20. The van der Waals surface area contributed by atoms with Gasteiger partial charge >= 0.3 is 0 Å². The lowest BCUT2D eigenvalue weighted by atomic mass is 10.0. The van der Waals surface area contributed by atoms with Crippen LogP contribution in [0.2, 0.25) is 0 Å². The van der Waals surface area contributed by atoms with E-state index < -0.39 is 12.7 Å². The monoisotopic (exact) mass is 276 g/mol. The van der Waals surface area contributed by atoms with E-state index in [1.807, 2.05) is 4.90 Å². The summed E-state index contributed by atoms with van der Waals surface area (Å²) >= 11 is 0. The number of hydrogen-bond donors (Lipinski definition) is 3. The second kappa shape index (κ2) is 6.78. The van der Waals surface area contributed by atoms with Crippen LogP contribution in [-0.4, -0.2) is 48.0 Å². The van der Waals surface area contributed by atoms with E-state index in [0.717, 1.165) is 26.2 Å². The van der Waals surface area contributed by atoms with Gasteiger partial charge < -0.3 is 15.5 Å². The molecule has 102 valence electrons. The fourth-order valence-corrected chi connectivity index (χ4v) is 2.18. The third-order valence-electron chi connectivity index (χ3n) is 3.11. The molecule has 3 N–H and O–H groups in total. The molecule has 1 heterocycles. The Morgan fingerprint density at radius 3 is 2.56 bits per heavy atom. The second-order valence-electron chi connectivity index (χ2n) is 4.20. The van der Waals surface area contributed by atoms with Crippen molar-refractivity contribution in [1.82, 2.24) is 10.2 Å². The summed E-state index contributed by atoms with van der Waals surface area (Å²) < 4.78 is 13.2. The van der Waals surface area contributed by atoms with Gasteiger partial charge in [0, 0.05) is 31.7 Å². The van der Waals surface area contributed by atoms with Gasteiger partial charge in [-0.3, -0.25) is 4.90 Å². The van der Waals surface area contributed by atoms with Crippen LogP contribution in [0.25, 0.3) is 0 Å². The molecule has 1 aromatic rings. The first kappa shape index (κ1) is 15.0. The van der Waals surface area contributed by atoms with Crippen LogP contribution < -0.4 is 5.32 Å². The van der Waals surface area contributed by atoms with Gasteiger partial charge in [0.25, 0.3) is 0 Å². The SMILES string of the molecule is Cl.Oc1ccc(O)c([C@@H](CF)N2CCNCC2)c1. The zero-order valence-electron chi connectivity index (χ0n) is 9.97. The molecule has 2 rings (SSSR count). The van der Waals surface area contributed by atoms with Gasteiger partial charge in [0.15, 0.2) is 0 Å². The Morgan fingerprint density at radius 1 is 1.28 bits per heavy atom. The molecule has 1 aliphatic rings. The predicted octanol–water partition coefficient (Wildman–Crippen LogP) is 1.44. The number of halogens is 2. The number of phenolic OH excluding ortho intramolecular Hbond substituents is 2. The molecule has 1 aliphatic heterocycles. The third kappa shape index (κ3) is 3.25. The van der Waals surface area contributed by atoms with Crippen molar-refractivity contribution in [3.05, 3.63) is 23.8 Å². The molecule has 0 unspecified atom stereocenters. The van der Waals surface area contributed by atoms with Gasteiger partial charge in [-0.05, 0) is 18.2 Å². The minimum absolute atomic E-state index is 0. The average molecular weight is 277 g/mol. The molecular weight excluding hydrogens is 259 g/mol. The number of hydrogen-bond acceptors (Lipinski definition) is 4. The molecule has 1 saturated heterocycles. The maximum absolute atomic E-state index is 13.2. The van der Waals surface area contributed by atoms with Crippen molar-refractivity contribution in [2.45, 2.75) is 6.04 Å². The molecule has 4 nitrogen and oxygen atoms in total. The Morgan fingerprint density at radius 2 is 1.94 bits per heavy atom. The Kier molecular flexibility index (Phi) is 5.65. The van der Waals surface area contributed by atoms with Crippen LogP contribution in [0, 0.1) is 0 Å². The third-order valence-corrected chi connectivity index (χ3v) is 3.11. The van der Waals surface area contributed by atoms with Crippen LogP contribution in [0.1, 0.15) is 11.6 Å². The van der Waals surface area contributed by atoms with Crippen LogP contribution >= 0.6 is 12.4 Å². The van der Waals surface area contributed by atoms with Crippen molar-refractivity contribution in [1.29, 1.82) is 0 Å². The smallest absolute Gasteiger partial charge is 0.120 e. The fourth-order valence-electron chi connectivity index (χ4n) is 2.18. The molecule has 6 heteroatoms. The van der Waals surface area contributed by atoms with Gasteiger partial charge in [-0.15, -0.1) is 12.4 Å². The maximum atomic E-state index is 13.2. The van der Waals surface area contributed by atoms with Crippen molar-refractivity contribution < 1.29 is 14.6 Å². The van der Waals surface area contributed by atoms with Crippen molar-refractivity contribution in [3.63, 3.8) is 0 Å². The number of rotatable bonds is 3. The first-order valence-electron chi connectivity index (χ1n) is 5.75. The highest BCUT2D eigenvalue weighted by Crippen LogP contribution is 2.32. The van der Waals surface area contributed by atoms with Crippen molar-refractivity contribution in [2.75, 3.05) is 32.9 Å². The molecule has 0 spiro atoms. The minimum Gasteiger partial charge on any atom is -0.508 e. The lowest BCUT2D eigenvalue weighted by Gasteiger charge is -2.33. The molecule has 1 fully saturated rings. The van der Waals surface area contributed by atoms with E-state index >= 15 is 0 Å². The molecule has 0 radical (unpaired) electrons. The Bertz CT molecular complexity index is 386. The summed E-state index contributed by atoms with van der Waals surface area (Å²) in [4.78, 5) is 1.98. The number of alkyl halides is 1. The zero-order valence-corrected chi connectivity index (χ0v) is 10.8. The van der Waals surface area contributed by atoms with E-state index in [2.05, 4.69) is 5.32 Å². The topological polar surface area (TPSA) is 55.7 Å². The van der Waals surface area contributed by atoms with E-state index in [1.54, 1.807) is 0 Å². The van der Waals surface area contributed by atoms with E-state index in [1.165, 1.54) is 18.2 Å². The first-order chi connectivity index (χ1) is 8.22. The fraction of sp³-hybridized carbons (Fsp3) is 0.500. The largest absolute Gasteiger partial charge is 0.508 e. The maximum Gasteiger partial charge on any atom is 0.120 e. The average Bonchev–Trinajstić information content (AvgIpc) is 2.36. The van der Waals surface area contributed by atoms with E-state index in [9.17, 15) is 14.6 Å². The lowest BCUT2D eigenvalue weighted by molar-refractivity contribution is 0.145.